The molecule has 10 heteroatoms. The fourth-order valence-electron chi connectivity index (χ4n) is 2.41. The minimum atomic E-state index is -2.24. The molecule has 0 saturated heterocycles. The number of hydrogen-bond donors (Lipinski definition) is 0. The summed E-state index contributed by atoms with van der Waals surface area (Å²) in [7, 11) is 0. The maximum absolute atomic E-state index is 14.2. The van der Waals surface area contributed by atoms with E-state index < -0.39 is 45.5 Å². The van der Waals surface area contributed by atoms with Crippen molar-refractivity contribution in [1.29, 1.82) is 0 Å². The number of carbonyl (C=O) groups is 1. The first-order chi connectivity index (χ1) is 13.3. The Morgan fingerprint density at radius 1 is 1.00 bits per heavy atom. The Morgan fingerprint density at radius 3 is 1.93 bits per heavy atom. The zero-order valence-electron chi connectivity index (χ0n) is 16.8. The summed E-state index contributed by atoms with van der Waals surface area (Å²) in [4.78, 5) is 11.1. The second-order valence-electron chi connectivity index (χ2n) is 7.88. The number of aromatic nitrogens is 2. The summed E-state index contributed by atoms with van der Waals surface area (Å²) >= 11 is 0.272. The average Bonchev–Trinajstić information content (AvgIpc) is 2.90. The highest BCUT2D eigenvalue weighted by molar-refractivity contribution is 7.99. The number of hydrogen-bond acceptors (Lipinski definition) is 4. The maximum Gasteiger partial charge on any atom is 0.312 e. The molecule has 0 saturated carbocycles. The lowest BCUT2D eigenvalue weighted by atomic mass is 10.1. The van der Waals surface area contributed by atoms with Gasteiger partial charge in [-0.3, -0.25) is 4.79 Å². The first kappa shape index (κ1) is 23.2. The molecule has 2 aromatic rings. The van der Waals surface area contributed by atoms with E-state index in [1.54, 1.807) is 34.6 Å². The molecular weight excluding hydrogens is 415 g/mol. The number of carbonyl (C=O) groups excluding carboxylic acids is 1. The van der Waals surface area contributed by atoms with Gasteiger partial charge >= 0.3 is 5.97 Å². The number of ether oxygens (including phenoxy) is 1. The lowest BCUT2D eigenvalue weighted by Crippen LogP contribution is -2.25. The highest BCUT2D eigenvalue weighted by atomic mass is 32.2. The third-order valence-corrected chi connectivity index (χ3v) is 5.00. The minimum Gasteiger partial charge on any atom is -0.406 e. The monoisotopic (exact) mass is 436 g/mol. The first-order valence-corrected chi connectivity index (χ1v) is 9.57. The summed E-state index contributed by atoms with van der Waals surface area (Å²) in [5.41, 5.74) is -0.478. The zero-order chi connectivity index (χ0) is 22.3. The van der Waals surface area contributed by atoms with Crippen LogP contribution in [0.4, 0.5) is 22.0 Å². The zero-order valence-corrected chi connectivity index (χ0v) is 17.6. The smallest absolute Gasteiger partial charge is 0.312 e. The van der Waals surface area contributed by atoms with Crippen molar-refractivity contribution >= 4 is 17.7 Å². The Labute approximate surface area is 169 Å². The normalized spacial score (nSPS) is 12.0. The second kappa shape index (κ2) is 8.33. The van der Waals surface area contributed by atoms with Crippen LogP contribution in [0.15, 0.2) is 9.79 Å². The predicted molar refractivity (Wildman–Crippen MR) is 97.4 cm³/mol. The van der Waals surface area contributed by atoms with Crippen molar-refractivity contribution < 1.29 is 31.5 Å². The quantitative estimate of drug-likeness (QED) is 0.259. The van der Waals surface area contributed by atoms with Crippen molar-refractivity contribution in [2.45, 2.75) is 63.3 Å². The van der Waals surface area contributed by atoms with E-state index in [0.717, 1.165) is 0 Å². The fraction of sp³-hybridized carbons (Fsp3) is 0.474. The number of halogens is 5. The van der Waals surface area contributed by atoms with Crippen LogP contribution in [-0.2, 0) is 10.3 Å². The minimum absolute atomic E-state index is 0.0131. The maximum atomic E-state index is 14.2. The van der Waals surface area contributed by atoms with E-state index >= 15 is 0 Å². The largest absolute Gasteiger partial charge is 0.406 e. The van der Waals surface area contributed by atoms with Gasteiger partial charge in [-0.1, -0.05) is 25.6 Å². The second-order valence-corrected chi connectivity index (χ2v) is 8.90. The summed E-state index contributed by atoms with van der Waals surface area (Å²) in [6, 6.07) is 0. The van der Waals surface area contributed by atoms with E-state index in [2.05, 4.69) is 5.10 Å². The van der Waals surface area contributed by atoms with Gasteiger partial charge in [-0.2, -0.15) is 5.10 Å². The molecule has 1 heterocycles. The molecular formula is C19H21F5N2O2S. The van der Waals surface area contributed by atoms with E-state index in [1.807, 2.05) is 0 Å². The molecule has 0 atom stereocenters. The van der Waals surface area contributed by atoms with Gasteiger partial charge in [-0.15, -0.1) is 0 Å². The Kier molecular flexibility index (Phi) is 6.66. The van der Waals surface area contributed by atoms with E-state index in [9.17, 15) is 26.7 Å². The molecule has 2 rings (SSSR count). The van der Waals surface area contributed by atoms with Crippen LogP contribution < -0.4 is 4.74 Å². The number of nitrogens with zero attached hydrogens (tertiary/aromatic N) is 2. The van der Waals surface area contributed by atoms with Crippen molar-refractivity contribution in [2.75, 3.05) is 0 Å². The highest BCUT2D eigenvalue weighted by Crippen LogP contribution is 2.43. The molecule has 0 spiro atoms. The Balaban J connectivity index is 2.62. The molecule has 0 unspecified atom stereocenters. The summed E-state index contributed by atoms with van der Waals surface area (Å²) in [6.45, 7) is 10.4. The van der Waals surface area contributed by atoms with Gasteiger partial charge in [-0.05, 0) is 33.6 Å². The number of aryl methyl sites for hydroxylation is 1. The summed E-state index contributed by atoms with van der Waals surface area (Å²) in [5.74, 6) is -11.0. The molecule has 0 amide bonds. The van der Waals surface area contributed by atoms with Crippen molar-refractivity contribution in [3.63, 3.8) is 0 Å². The van der Waals surface area contributed by atoms with Gasteiger partial charge in [-0.25, -0.2) is 26.6 Å². The molecule has 0 fully saturated rings. The predicted octanol–water partition coefficient (Wildman–Crippen LogP) is 5.74. The molecule has 0 aliphatic heterocycles. The summed E-state index contributed by atoms with van der Waals surface area (Å²) in [6.07, 6.45) is 0.0704. The van der Waals surface area contributed by atoms with Gasteiger partial charge in [0.15, 0.2) is 23.3 Å². The lowest BCUT2D eigenvalue weighted by molar-refractivity contribution is -0.136. The van der Waals surface area contributed by atoms with Crippen LogP contribution in [0.3, 0.4) is 0 Å². The SMILES string of the molecule is Cc1nn(C(C)(C)C)c(OC(=O)CC(C)C)c1Sc1c(F)c(F)c(F)c(F)c1F. The van der Waals surface area contributed by atoms with Gasteiger partial charge in [0.05, 0.1) is 21.0 Å². The third-order valence-electron chi connectivity index (χ3n) is 3.76. The lowest BCUT2D eigenvalue weighted by Gasteiger charge is -2.22. The van der Waals surface area contributed by atoms with Gasteiger partial charge < -0.3 is 4.74 Å². The Hall–Kier alpha value is -2.10. The average molecular weight is 436 g/mol. The molecule has 0 bridgehead atoms. The van der Waals surface area contributed by atoms with E-state index in [-0.39, 0.29) is 40.6 Å². The van der Waals surface area contributed by atoms with Crippen molar-refractivity contribution in [3.8, 4) is 5.88 Å². The molecule has 29 heavy (non-hydrogen) atoms. The Morgan fingerprint density at radius 2 is 1.48 bits per heavy atom. The van der Waals surface area contributed by atoms with E-state index in [0.29, 0.717) is 0 Å². The molecule has 0 aliphatic rings. The molecule has 1 aromatic heterocycles. The first-order valence-electron chi connectivity index (χ1n) is 8.75. The van der Waals surface area contributed by atoms with Gasteiger partial charge in [0.25, 0.3) is 0 Å². The van der Waals surface area contributed by atoms with Crippen LogP contribution in [0.25, 0.3) is 0 Å². The summed E-state index contributed by atoms with van der Waals surface area (Å²) < 4.78 is 75.5. The van der Waals surface area contributed by atoms with E-state index in [1.165, 1.54) is 11.6 Å². The fourth-order valence-corrected chi connectivity index (χ4v) is 3.38. The van der Waals surface area contributed by atoms with Crippen LogP contribution in [0, 0.1) is 41.9 Å². The van der Waals surface area contributed by atoms with Crippen LogP contribution in [0.5, 0.6) is 5.88 Å². The number of rotatable bonds is 5. The van der Waals surface area contributed by atoms with Gasteiger partial charge in [0.1, 0.15) is 0 Å². The molecule has 4 nitrogen and oxygen atoms in total. The third kappa shape index (κ3) is 4.73. The van der Waals surface area contributed by atoms with Crippen LogP contribution in [0.2, 0.25) is 0 Å². The van der Waals surface area contributed by atoms with Crippen LogP contribution in [-0.4, -0.2) is 15.7 Å². The Bertz CT molecular complexity index is 922. The van der Waals surface area contributed by atoms with Crippen molar-refractivity contribution in [1.82, 2.24) is 9.78 Å². The van der Waals surface area contributed by atoms with Crippen LogP contribution >= 0.6 is 11.8 Å². The van der Waals surface area contributed by atoms with Crippen molar-refractivity contribution in [2.24, 2.45) is 5.92 Å². The standard InChI is InChI=1S/C19H21F5N2O2S/c1-8(2)7-10(27)28-18-16(9(3)25-26(18)19(4,5)6)29-17-14(23)12(21)11(20)13(22)15(17)24/h8H,7H2,1-6H3. The summed E-state index contributed by atoms with van der Waals surface area (Å²) in [5, 5.41) is 4.24. The number of esters is 1. The topological polar surface area (TPSA) is 44.1 Å². The molecule has 160 valence electrons. The molecule has 1 aromatic carbocycles. The molecule has 0 radical (unpaired) electrons. The van der Waals surface area contributed by atoms with Crippen LogP contribution in [0.1, 0.15) is 46.7 Å². The van der Waals surface area contributed by atoms with E-state index in [4.69, 9.17) is 4.74 Å². The molecule has 0 N–H and O–H groups in total. The van der Waals surface area contributed by atoms with Gasteiger partial charge in [0.2, 0.25) is 11.7 Å². The van der Waals surface area contributed by atoms with Crippen molar-refractivity contribution in [3.05, 3.63) is 34.8 Å². The molecule has 0 aliphatic carbocycles. The highest BCUT2D eigenvalue weighted by Gasteiger charge is 2.31. The number of benzene rings is 1. The van der Waals surface area contributed by atoms with Gasteiger partial charge in [0, 0.05) is 6.42 Å².